The third-order valence-electron chi connectivity index (χ3n) is 3.18. The molecule has 0 spiro atoms. The van der Waals surface area contributed by atoms with E-state index in [0.29, 0.717) is 15.8 Å². The fraction of sp³-hybridized carbons (Fsp3) is 0.267. The van der Waals surface area contributed by atoms with Crippen molar-refractivity contribution < 1.29 is 9.18 Å². The Morgan fingerprint density at radius 1 is 1.40 bits per heavy atom. The molecule has 20 heavy (non-hydrogen) atoms. The van der Waals surface area contributed by atoms with Crippen LogP contribution in [0.3, 0.4) is 0 Å². The van der Waals surface area contributed by atoms with Crippen molar-refractivity contribution in [2.75, 3.05) is 7.05 Å². The first-order chi connectivity index (χ1) is 9.47. The van der Waals surface area contributed by atoms with Gasteiger partial charge in [0.1, 0.15) is 5.82 Å². The van der Waals surface area contributed by atoms with E-state index in [1.807, 2.05) is 24.9 Å². The van der Waals surface area contributed by atoms with Crippen molar-refractivity contribution in [3.63, 3.8) is 0 Å². The minimum atomic E-state index is -0.284. The fourth-order valence-corrected chi connectivity index (χ4v) is 2.98. The van der Waals surface area contributed by atoms with Gasteiger partial charge in [-0.1, -0.05) is 23.7 Å². The summed E-state index contributed by atoms with van der Waals surface area (Å²) >= 11 is 7.13. The van der Waals surface area contributed by atoms with Gasteiger partial charge in [-0.3, -0.25) is 9.69 Å². The molecule has 0 bridgehead atoms. The van der Waals surface area contributed by atoms with Crippen molar-refractivity contribution in [2.24, 2.45) is 0 Å². The average molecular weight is 312 g/mol. The lowest BCUT2D eigenvalue weighted by atomic mass is 10.1. The molecule has 106 valence electrons. The quantitative estimate of drug-likeness (QED) is 0.770. The number of rotatable bonds is 5. The summed E-state index contributed by atoms with van der Waals surface area (Å²) in [6.45, 7) is 2.36. The van der Waals surface area contributed by atoms with Gasteiger partial charge in [-0.15, -0.1) is 11.3 Å². The molecule has 1 aromatic heterocycles. The molecule has 0 aliphatic heterocycles. The molecule has 2 nitrogen and oxygen atoms in total. The Hall–Kier alpha value is -1.23. The SMILES string of the molecule is CC(C(=O)c1ccc(Cl)s1)N(C)Cc1cccc(F)c1. The van der Waals surface area contributed by atoms with Crippen molar-refractivity contribution in [3.8, 4) is 0 Å². The predicted molar refractivity (Wildman–Crippen MR) is 81.0 cm³/mol. The lowest BCUT2D eigenvalue weighted by molar-refractivity contribution is 0.0866. The van der Waals surface area contributed by atoms with Gasteiger partial charge in [0.25, 0.3) is 0 Å². The number of hydrogen-bond acceptors (Lipinski definition) is 3. The molecule has 1 heterocycles. The van der Waals surface area contributed by atoms with E-state index in [1.54, 1.807) is 18.2 Å². The largest absolute Gasteiger partial charge is 0.292 e. The third kappa shape index (κ3) is 3.66. The molecule has 1 aromatic carbocycles. The van der Waals surface area contributed by atoms with Crippen LogP contribution in [0.1, 0.15) is 22.2 Å². The first kappa shape index (κ1) is 15.2. The van der Waals surface area contributed by atoms with Crippen molar-refractivity contribution in [1.82, 2.24) is 4.90 Å². The molecule has 0 N–H and O–H groups in total. The van der Waals surface area contributed by atoms with Gasteiger partial charge in [0, 0.05) is 6.54 Å². The van der Waals surface area contributed by atoms with Crippen LogP contribution in [0.5, 0.6) is 0 Å². The number of benzene rings is 1. The maximum Gasteiger partial charge on any atom is 0.189 e. The second-order valence-electron chi connectivity index (χ2n) is 4.69. The third-order valence-corrected chi connectivity index (χ3v) is 4.42. The monoisotopic (exact) mass is 311 g/mol. The van der Waals surface area contributed by atoms with Crippen LogP contribution in [0.4, 0.5) is 4.39 Å². The second-order valence-corrected chi connectivity index (χ2v) is 6.40. The highest BCUT2D eigenvalue weighted by Crippen LogP contribution is 2.23. The molecule has 0 fully saturated rings. The highest BCUT2D eigenvalue weighted by atomic mass is 35.5. The summed E-state index contributed by atoms with van der Waals surface area (Å²) in [7, 11) is 1.85. The summed E-state index contributed by atoms with van der Waals surface area (Å²) in [6.07, 6.45) is 0. The molecule has 1 unspecified atom stereocenters. The predicted octanol–water partition coefficient (Wildman–Crippen LogP) is 4.24. The van der Waals surface area contributed by atoms with Gasteiger partial charge in [-0.25, -0.2) is 4.39 Å². The summed E-state index contributed by atoms with van der Waals surface area (Å²) in [5, 5.41) is 0. The molecule has 0 radical (unpaired) electrons. The van der Waals surface area contributed by atoms with Gasteiger partial charge in [0.2, 0.25) is 0 Å². The topological polar surface area (TPSA) is 20.3 Å². The first-order valence-corrected chi connectivity index (χ1v) is 7.41. The van der Waals surface area contributed by atoms with Crippen LogP contribution in [0.2, 0.25) is 4.34 Å². The molecule has 0 amide bonds. The molecule has 5 heteroatoms. The summed E-state index contributed by atoms with van der Waals surface area (Å²) < 4.78 is 13.8. The van der Waals surface area contributed by atoms with Crippen LogP contribution >= 0.6 is 22.9 Å². The van der Waals surface area contributed by atoms with E-state index in [1.165, 1.54) is 23.5 Å². The highest BCUT2D eigenvalue weighted by Gasteiger charge is 2.21. The number of carbonyl (C=O) groups is 1. The number of hydrogen-bond donors (Lipinski definition) is 0. The molecule has 0 saturated heterocycles. The van der Waals surface area contributed by atoms with E-state index >= 15 is 0 Å². The number of likely N-dealkylation sites (N-methyl/N-ethyl adjacent to an activating group) is 1. The van der Waals surface area contributed by atoms with Gasteiger partial charge in [-0.05, 0) is 43.8 Å². The van der Waals surface area contributed by atoms with Gasteiger partial charge in [0.05, 0.1) is 15.3 Å². The number of halogens is 2. The standard InChI is InChI=1S/C15H15ClFNOS/c1-10(15(19)13-6-7-14(16)20-13)18(2)9-11-4-3-5-12(17)8-11/h3-8,10H,9H2,1-2H3. The van der Waals surface area contributed by atoms with E-state index < -0.39 is 0 Å². The van der Waals surface area contributed by atoms with Crippen molar-refractivity contribution >= 4 is 28.7 Å². The molecular formula is C15H15ClFNOS. The lowest BCUT2D eigenvalue weighted by Crippen LogP contribution is -2.35. The Bertz CT molecular complexity index is 613. The first-order valence-electron chi connectivity index (χ1n) is 6.21. The lowest BCUT2D eigenvalue weighted by Gasteiger charge is -2.23. The van der Waals surface area contributed by atoms with E-state index in [0.717, 1.165) is 5.56 Å². The molecule has 2 aromatic rings. The van der Waals surface area contributed by atoms with Crippen LogP contribution in [0.15, 0.2) is 36.4 Å². The number of ketones is 1. The normalized spacial score (nSPS) is 12.7. The molecule has 2 rings (SSSR count). The van der Waals surface area contributed by atoms with Crippen molar-refractivity contribution in [1.29, 1.82) is 0 Å². The van der Waals surface area contributed by atoms with Crippen molar-refractivity contribution in [2.45, 2.75) is 19.5 Å². The smallest absolute Gasteiger partial charge is 0.189 e. The van der Waals surface area contributed by atoms with Gasteiger partial charge in [-0.2, -0.15) is 0 Å². The Morgan fingerprint density at radius 3 is 2.75 bits per heavy atom. The van der Waals surface area contributed by atoms with E-state index in [4.69, 9.17) is 11.6 Å². The average Bonchev–Trinajstić information content (AvgIpc) is 2.83. The van der Waals surface area contributed by atoms with E-state index in [9.17, 15) is 9.18 Å². The molecule has 0 aliphatic rings. The van der Waals surface area contributed by atoms with Crippen molar-refractivity contribution in [3.05, 3.63) is 57.0 Å². The van der Waals surface area contributed by atoms with E-state index in [-0.39, 0.29) is 17.6 Å². The summed E-state index contributed by atoms with van der Waals surface area (Å²) in [4.78, 5) is 14.8. The van der Waals surface area contributed by atoms with Crippen LogP contribution < -0.4 is 0 Å². The highest BCUT2D eigenvalue weighted by molar-refractivity contribution is 7.18. The van der Waals surface area contributed by atoms with Crippen LogP contribution in [-0.4, -0.2) is 23.8 Å². The van der Waals surface area contributed by atoms with Crippen LogP contribution in [-0.2, 0) is 6.54 Å². The summed E-state index contributed by atoms with van der Waals surface area (Å²) in [6, 6.07) is 9.58. The maximum atomic E-state index is 13.1. The van der Waals surface area contributed by atoms with Crippen LogP contribution in [0, 0.1) is 5.82 Å². The Labute approximate surface area is 126 Å². The molecule has 0 saturated carbocycles. The molecular weight excluding hydrogens is 297 g/mol. The number of Topliss-reactive ketones (excluding diaryl/α,β-unsaturated/α-hetero) is 1. The number of thiophene rings is 1. The van der Waals surface area contributed by atoms with E-state index in [2.05, 4.69) is 0 Å². The number of carbonyl (C=O) groups excluding carboxylic acids is 1. The van der Waals surface area contributed by atoms with Gasteiger partial charge >= 0.3 is 0 Å². The second kappa shape index (κ2) is 6.48. The minimum absolute atomic E-state index is 0.0285. The summed E-state index contributed by atoms with van der Waals surface area (Å²) in [5.41, 5.74) is 0.844. The minimum Gasteiger partial charge on any atom is -0.292 e. The zero-order chi connectivity index (χ0) is 14.7. The van der Waals surface area contributed by atoms with Crippen LogP contribution in [0.25, 0.3) is 0 Å². The zero-order valence-corrected chi connectivity index (χ0v) is 12.8. The Kier molecular flexibility index (Phi) is 4.91. The molecule has 0 aliphatic carbocycles. The molecule has 1 atom stereocenters. The Balaban J connectivity index is 2.05. The number of nitrogens with zero attached hydrogens (tertiary/aromatic N) is 1. The Morgan fingerprint density at radius 2 is 2.15 bits per heavy atom. The summed E-state index contributed by atoms with van der Waals surface area (Å²) in [5.74, 6) is -0.235. The van der Waals surface area contributed by atoms with Gasteiger partial charge < -0.3 is 0 Å². The fourth-order valence-electron chi connectivity index (χ4n) is 1.91. The zero-order valence-electron chi connectivity index (χ0n) is 11.3. The maximum absolute atomic E-state index is 13.1. The van der Waals surface area contributed by atoms with Gasteiger partial charge in [0.15, 0.2) is 5.78 Å².